The first-order chi connectivity index (χ1) is 13.7. The maximum atomic E-state index is 6.08. The summed E-state index contributed by atoms with van der Waals surface area (Å²) in [6.07, 6.45) is 1.74. The van der Waals surface area contributed by atoms with Crippen LogP contribution in [0.2, 0.25) is 5.02 Å². The second-order valence-electron chi connectivity index (χ2n) is 6.03. The Labute approximate surface area is 172 Å². The Balaban J connectivity index is 1.55. The average molecular weight is 406 g/mol. The van der Waals surface area contributed by atoms with E-state index in [1.807, 2.05) is 78.9 Å². The number of aromatic nitrogens is 3. The average Bonchev–Trinajstić information content (AvgIpc) is 3.09. The molecule has 0 amide bonds. The van der Waals surface area contributed by atoms with E-state index in [1.165, 1.54) is 0 Å². The molecule has 4 aromatic rings. The van der Waals surface area contributed by atoms with Crippen molar-refractivity contribution in [1.82, 2.24) is 14.9 Å². The van der Waals surface area contributed by atoms with E-state index < -0.39 is 0 Å². The highest BCUT2D eigenvalue weighted by Crippen LogP contribution is 2.21. The molecule has 3 aromatic carbocycles. The fourth-order valence-electron chi connectivity index (χ4n) is 2.68. The number of hydrogen-bond donors (Lipinski definition) is 2. The summed E-state index contributed by atoms with van der Waals surface area (Å²) in [5.74, 6) is 0.603. The largest absolute Gasteiger partial charge is 0.356 e. The summed E-state index contributed by atoms with van der Waals surface area (Å²) in [7, 11) is 0. The van der Waals surface area contributed by atoms with Gasteiger partial charge in [0.1, 0.15) is 0 Å². The molecule has 0 aliphatic heterocycles. The molecule has 7 heteroatoms. The maximum absolute atomic E-state index is 6.08. The van der Waals surface area contributed by atoms with Crippen LogP contribution in [0.4, 0.5) is 11.4 Å². The third kappa shape index (κ3) is 4.19. The monoisotopic (exact) mass is 405 g/mol. The van der Waals surface area contributed by atoms with Gasteiger partial charge in [-0.15, -0.1) is 0 Å². The van der Waals surface area contributed by atoms with E-state index in [4.69, 9.17) is 23.8 Å². The number of para-hydroxylation sites is 1. The molecule has 1 aromatic heterocycles. The van der Waals surface area contributed by atoms with Gasteiger partial charge < -0.3 is 5.32 Å². The van der Waals surface area contributed by atoms with Gasteiger partial charge in [-0.25, -0.2) is 5.10 Å². The predicted molar refractivity (Wildman–Crippen MR) is 117 cm³/mol. The van der Waals surface area contributed by atoms with E-state index in [9.17, 15) is 0 Å². The molecule has 0 radical (unpaired) electrons. The lowest BCUT2D eigenvalue weighted by atomic mass is 10.2. The topological polar surface area (TPSA) is 58.0 Å². The van der Waals surface area contributed by atoms with Crippen LogP contribution >= 0.6 is 23.8 Å². The first-order valence-corrected chi connectivity index (χ1v) is 9.37. The van der Waals surface area contributed by atoms with Gasteiger partial charge in [0.2, 0.25) is 4.77 Å². The molecule has 4 rings (SSSR count). The van der Waals surface area contributed by atoms with E-state index in [2.05, 4.69) is 20.6 Å². The number of benzene rings is 3. The van der Waals surface area contributed by atoms with E-state index in [0.29, 0.717) is 15.6 Å². The summed E-state index contributed by atoms with van der Waals surface area (Å²) in [6, 6.07) is 25.4. The van der Waals surface area contributed by atoms with Crippen LogP contribution in [0.25, 0.3) is 11.4 Å². The van der Waals surface area contributed by atoms with E-state index in [-0.39, 0.29) is 0 Å². The van der Waals surface area contributed by atoms with Crippen LogP contribution in [0.3, 0.4) is 0 Å². The summed E-state index contributed by atoms with van der Waals surface area (Å²) in [6.45, 7) is 0. The maximum Gasteiger partial charge on any atom is 0.216 e. The SMILES string of the molecule is S=c1[nH]nc(-c2cccc(Cl)c2)n1/N=C\c1ccc(Nc2ccccc2)cc1. The van der Waals surface area contributed by atoms with Crippen molar-refractivity contribution in [2.24, 2.45) is 5.10 Å². The number of halogens is 1. The zero-order chi connectivity index (χ0) is 19.3. The third-order valence-corrected chi connectivity index (χ3v) is 4.53. The van der Waals surface area contributed by atoms with Gasteiger partial charge in [0, 0.05) is 22.0 Å². The Bertz CT molecular complexity index is 1160. The highest BCUT2D eigenvalue weighted by Gasteiger charge is 2.08. The summed E-state index contributed by atoms with van der Waals surface area (Å²) >= 11 is 11.4. The molecule has 0 spiro atoms. The second kappa shape index (κ2) is 8.21. The van der Waals surface area contributed by atoms with Crippen molar-refractivity contribution in [2.75, 3.05) is 5.32 Å². The van der Waals surface area contributed by atoms with Crippen molar-refractivity contribution < 1.29 is 0 Å². The van der Waals surface area contributed by atoms with E-state index >= 15 is 0 Å². The van der Waals surface area contributed by atoms with Crippen molar-refractivity contribution in [2.45, 2.75) is 0 Å². The number of anilines is 2. The molecule has 0 saturated heterocycles. The lowest BCUT2D eigenvalue weighted by Crippen LogP contribution is -1.95. The smallest absolute Gasteiger partial charge is 0.216 e. The molecule has 0 unspecified atom stereocenters. The predicted octanol–water partition coefficient (Wildman–Crippen LogP) is 5.89. The Morgan fingerprint density at radius 1 is 0.964 bits per heavy atom. The van der Waals surface area contributed by atoms with Crippen LogP contribution in [-0.2, 0) is 0 Å². The quantitative estimate of drug-likeness (QED) is 0.321. The van der Waals surface area contributed by atoms with E-state index in [0.717, 1.165) is 22.5 Å². The fourth-order valence-corrected chi connectivity index (χ4v) is 3.05. The minimum Gasteiger partial charge on any atom is -0.356 e. The van der Waals surface area contributed by atoms with Crippen molar-refractivity contribution in [3.05, 3.63) is 94.2 Å². The van der Waals surface area contributed by atoms with Crippen LogP contribution in [0.5, 0.6) is 0 Å². The lowest BCUT2D eigenvalue weighted by Gasteiger charge is -2.06. The standard InChI is InChI=1S/C21H16ClN5S/c22-17-6-4-5-16(13-17)20-25-26-21(28)27(20)23-14-15-9-11-19(12-10-15)24-18-7-2-1-3-8-18/h1-14,24H,(H,26,28)/b23-14-. The molecule has 5 nitrogen and oxygen atoms in total. The van der Waals surface area contributed by atoms with Crippen molar-refractivity contribution >= 4 is 41.4 Å². The van der Waals surface area contributed by atoms with Crippen molar-refractivity contribution in [3.8, 4) is 11.4 Å². The molecule has 138 valence electrons. The third-order valence-electron chi connectivity index (χ3n) is 4.03. The Kier molecular flexibility index (Phi) is 5.32. The number of nitrogens with one attached hydrogen (secondary N) is 2. The molecule has 0 aliphatic carbocycles. The summed E-state index contributed by atoms with van der Waals surface area (Å²) in [5, 5.41) is 15.5. The highest BCUT2D eigenvalue weighted by molar-refractivity contribution is 7.71. The summed E-state index contributed by atoms with van der Waals surface area (Å²) in [4.78, 5) is 0. The van der Waals surface area contributed by atoms with Crippen molar-refractivity contribution in [3.63, 3.8) is 0 Å². The highest BCUT2D eigenvalue weighted by atomic mass is 35.5. The Morgan fingerprint density at radius 3 is 2.46 bits per heavy atom. The minimum absolute atomic E-state index is 0.411. The number of nitrogens with zero attached hydrogens (tertiary/aromatic N) is 3. The lowest BCUT2D eigenvalue weighted by molar-refractivity contribution is 0.871. The normalized spacial score (nSPS) is 11.0. The molecule has 0 aliphatic rings. The molecule has 0 fully saturated rings. The van der Waals surface area contributed by atoms with E-state index in [1.54, 1.807) is 10.9 Å². The Morgan fingerprint density at radius 2 is 1.71 bits per heavy atom. The van der Waals surface area contributed by atoms with Gasteiger partial charge in [0.15, 0.2) is 5.82 Å². The Hall–Kier alpha value is -3.22. The summed E-state index contributed by atoms with van der Waals surface area (Å²) in [5.41, 5.74) is 3.82. The first-order valence-electron chi connectivity index (χ1n) is 8.59. The van der Waals surface area contributed by atoms with Gasteiger partial charge >= 0.3 is 0 Å². The van der Waals surface area contributed by atoms with Crippen LogP contribution in [0.15, 0.2) is 84.0 Å². The molecular weight excluding hydrogens is 390 g/mol. The second-order valence-corrected chi connectivity index (χ2v) is 6.86. The number of H-pyrrole nitrogens is 1. The van der Waals surface area contributed by atoms with Crippen LogP contribution in [0, 0.1) is 4.77 Å². The number of rotatable bonds is 5. The van der Waals surface area contributed by atoms with Crippen LogP contribution in [0.1, 0.15) is 5.56 Å². The molecule has 28 heavy (non-hydrogen) atoms. The van der Waals surface area contributed by atoms with Crippen LogP contribution < -0.4 is 5.32 Å². The molecular formula is C21H16ClN5S. The van der Waals surface area contributed by atoms with Gasteiger partial charge in [-0.3, -0.25) is 0 Å². The molecule has 2 N–H and O–H groups in total. The van der Waals surface area contributed by atoms with Crippen molar-refractivity contribution in [1.29, 1.82) is 0 Å². The summed E-state index contributed by atoms with van der Waals surface area (Å²) < 4.78 is 1.99. The molecule has 0 saturated carbocycles. The fraction of sp³-hybridized carbons (Fsp3) is 0. The minimum atomic E-state index is 0.411. The zero-order valence-electron chi connectivity index (χ0n) is 14.7. The van der Waals surface area contributed by atoms with Gasteiger partial charge in [0.25, 0.3) is 0 Å². The van der Waals surface area contributed by atoms with Gasteiger partial charge in [-0.2, -0.15) is 14.9 Å². The molecule has 1 heterocycles. The molecule has 0 bridgehead atoms. The zero-order valence-corrected chi connectivity index (χ0v) is 16.3. The van der Waals surface area contributed by atoms with Gasteiger partial charge in [0.05, 0.1) is 6.21 Å². The number of hydrogen-bond acceptors (Lipinski definition) is 4. The first kappa shape index (κ1) is 18.2. The molecule has 0 atom stereocenters. The number of aromatic amines is 1. The van der Waals surface area contributed by atoms with Gasteiger partial charge in [-0.1, -0.05) is 54.1 Å². The van der Waals surface area contributed by atoms with Gasteiger partial charge in [-0.05, 0) is 54.2 Å². The van der Waals surface area contributed by atoms with Crippen LogP contribution in [-0.4, -0.2) is 21.1 Å².